The molecule has 124 valence electrons. The lowest BCUT2D eigenvalue weighted by molar-refractivity contribution is -0.121. The first-order valence-corrected chi connectivity index (χ1v) is 8.11. The van der Waals surface area contributed by atoms with Crippen molar-refractivity contribution in [3.05, 3.63) is 32.6 Å². The van der Waals surface area contributed by atoms with Gasteiger partial charge in [-0.3, -0.25) is 14.2 Å². The molecule has 0 atom stereocenters. The highest BCUT2D eigenvalue weighted by Gasteiger charge is 2.27. The summed E-state index contributed by atoms with van der Waals surface area (Å²) in [6.45, 7) is 2.30. The number of hydrogen-bond acceptors (Lipinski definition) is 4. The van der Waals surface area contributed by atoms with Crippen LogP contribution in [0.4, 0.5) is 0 Å². The van der Waals surface area contributed by atoms with Gasteiger partial charge in [-0.25, -0.2) is 9.36 Å². The molecule has 7 nitrogen and oxygen atoms in total. The second-order valence-corrected chi connectivity index (χ2v) is 5.88. The van der Waals surface area contributed by atoms with Gasteiger partial charge < -0.3 is 5.32 Å². The van der Waals surface area contributed by atoms with Crippen molar-refractivity contribution in [2.75, 3.05) is 6.54 Å². The van der Waals surface area contributed by atoms with Gasteiger partial charge in [0, 0.05) is 18.8 Å². The lowest BCUT2D eigenvalue weighted by atomic mass is 10.2. The van der Waals surface area contributed by atoms with E-state index in [2.05, 4.69) is 12.2 Å². The number of carbonyl (C=O) groups excluding carboxylic acids is 1. The first kappa shape index (κ1) is 17.0. The van der Waals surface area contributed by atoms with Crippen LogP contribution in [0, 0.1) is 11.3 Å². The number of aromatic nitrogens is 2. The van der Waals surface area contributed by atoms with E-state index in [-0.39, 0.29) is 24.1 Å². The number of amides is 1. The smallest absolute Gasteiger partial charge is 0.331 e. The summed E-state index contributed by atoms with van der Waals surface area (Å²) in [6.07, 6.45) is 7.16. The number of unbranched alkanes of at least 4 members (excludes halogenated alkanes) is 3. The average Bonchev–Trinajstić information content (AvgIpc) is 3.36. The number of nitriles is 1. The predicted molar refractivity (Wildman–Crippen MR) is 85.1 cm³/mol. The SMILES string of the molecule is CCCCCCNC(=O)Cn1c(=O)c(C#N)cn(C2CC2)c1=O. The third-order valence-corrected chi connectivity index (χ3v) is 3.91. The minimum Gasteiger partial charge on any atom is -0.355 e. The van der Waals surface area contributed by atoms with Gasteiger partial charge in [0.2, 0.25) is 5.91 Å². The topological polar surface area (TPSA) is 96.9 Å². The molecule has 1 aromatic rings. The summed E-state index contributed by atoms with van der Waals surface area (Å²) in [7, 11) is 0. The maximum absolute atomic E-state index is 12.3. The zero-order chi connectivity index (χ0) is 16.8. The van der Waals surface area contributed by atoms with E-state index < -0.39 is 11.2 Å². The van der Waals surface area contributed by atoms with Gasteiger partial charge in [0.25, 0.3) is 5.56 Å². The Morgan fingerprint density at radius 3 is 2.70 bits per heavy atom. The highest BCUT2D eigenvalue weighted by Crippen LogP contribution is 2.33. The fourth-order valence-electron chi connectivity index (χ4n) is 2.43. The third-order valence-electron chi connectivity index (χ3n) is 3.91. The van der Waals surface area contributed by atoms with Crippen LogP contribution in [0.2, 0.25) is 0 Å². The van der Waals surface area contributed by atoms with Gasteiger partial charge in [0.1, 0.15) is 18.2 Å². The minimum atomic E-state index is -0.699. The second-order valence-electron chi connectivity index (χ2n) is 5.88. The molecule has 1 aliphatic rings. The molecular formula is C16H22N4O3. The van der Waals surface area contributed by atoms with Crippen molar-refractivity contribution in [3.63, 3.8) is 0 Å². The standard InChI is InChI=1S/C16H22N4O3/c1-2-3-4-5-8-18-14(21)11-20-15(22)12(9-17)10-19(16(20)23)13-6-7-13/h10,13H,2-8,11H2,1H3,(H,18,21). The Balaban J connectivity index is 2.08. The summed E-state index contributed by atoms with van der Waals surface area (Å²) in [6, 6.07) is 1.84. The van der Waals surface area contributed by atoms with Gasteiger partial charge >= 0.3 is 5.69 Å². The number of nitrogens with zero attached hydrogens (tertiary/aromatic N) is 3. The second kappa shape index (κ2) is 7.77. The maximum Gasteiger partial charge on any atom is 0.331 e. The molecule has 1 aliphatic carbocycles. The van der Waals surface area contributed by atoms with Crippen LogP contribution in [-0.2, 0) is 11.3 Å². The Labute approximate surface area is 134 Å². The average molecular weight is 318 g/mol. The van der Waals surface area contributed by atoms with E-state index >= 15 is 0 Å². The molecule has 0 bridgehead atoms. The summed E-state index contributed by atoms with van der Waals surface area (Å²) < 4.78 is 2.26. The van der Waals surface area contributed by atoms with E-state index in [1.54, 1.807) is 6.07 Å². The molecule has 0 aromatic carbocycles. The fourth-order valence-corrected chi connectivity index (χ4v) is 2.43. The van der Waals surface area contributed by atoms with Crippen LogP contribution >= 0.6 is 0 Å². The quantitative estimate of drug-likeness (QED) is 0.721. The van der Waals surface area contributed by atoms with E-state index in [0.717, 1.165) is 43.1 Å². The van der Waals surface area contributed by atoms with Crippen molar-refractivity contribution in [3.8, 4) is 6.07 Å². The summed E-state index contributed by atoms with van der Waals surface area (Å²) in [4.78, 5) is 36.4. The Morgan fingerprint density at radius 2 is 2.09 bits per heavy atom. The molecular weight excluding hydrogens is 296 g/mol. The molecule has 1 N–H and O–H groups in total. The molecule has 0 radical (unpaired) electrons. The summed E-state index contributed by atoms with van der Waals surface area (Å²) in [5.74, 6) is -0.377. The molecule has 1 amide bonds. The normalized spacial score (nSPS) is 13.6. The Hall–Kier alpha value is -2.36. The van der Waals surface area contributed by atoms with Gasteiger partial charge in [0.05, 0.1) is 0 Å². The first-order valence-electron chi connectivity index (χ1n) is 8.11. The maximum atomic E-state index is 12.3. The zero-order valence-corrected chi connectivity index (χ0v) is 13.4. The van der Waals surface area contributed by atoms with E-state index in [1.165, 1.54) is 10.8 Å². The first-order chi connectivity index (χ1) is 11.1. The van der Waals surface area contributed by atoms with Crippen LogP contribution < -0.4 is 16.6 Å². The van der Waals surface area contributed by atoms with Crippen LogP contribution in [0.25, 0.3) is 0 Å². The lowest BCUT2D eigenvalue weighted by Crippen LogP contribution is -2.44. The Kier molecular flexibility index (Phi) is 5.74. The molecule has 0 aliphatic heterocycles. The van der Waals surface area contributed by atoms with Gasteiger partial charge in [0.15, 0.2) is 0 Å². The van der Waals surface area contributed by atoms with Crippen molar-refractivity contribution in [2.45, 2.75) is 58.0 Å². The third kappa shape index (κ3) is 4.31. The monoisotopic (exact) mass is 318 g/mol. The molecule has 1 heterocycles. The van der Waals surface area contributed by atoms with Crippen LogP contribution in [0.15, 0.2) is 15.8 Å². The van der Waals surface area contributed by atoms with Crippen molar-refractivity contribution in [1.29, 1.82) is 5.26 Å². The van der Waals surface area contributed by atoms with E-state index in [1.807, 2.05) is 0 Å². The largest absolute Gasteiger partial charge is 0.355 e. The molecule has 2 rings (SSSR count). The Morgan fingerprint density at radius 1 is 1.35 bits per heavy atom. The van der Waals surface area contributed by atoms with Crippen LogP contribution in [0.3, 0.4) is 0 Å². The van der Waals surface area contributed by atoms with Crippen molar-refractivity contribution >= 4 is 5.91 Å². The molecule has 7 heteroatoms. The highest BCUT2D eigenvalue weighted by molar-refractivity contribution is 5.75. The predicted octanol–water partition coefficient (Wildman–Crippen LogP) is 0.913. The molecule has 0 unspecified atom stereocenters. The molecule has 0 spiro atoms. The number of rotatable bonds is 8. The molecule has 1 fully saturated rings. The number of hydrogen-bond donors (Lipinski definition) is 1. The summed E-state index contributed by atoms with van der Waals surface area (Å²) >= 11 is 0. The van der Waals surface area contributed by atoms with Gasteiger partial charge in [-0.05, 0) is 19.3 Å². The summed E-state index contributed by atoms with van der Waals surface area (Å²) in [5, 5.41) is 11.8. The Bertz CT molecular complexity index is 722. The highest BCUT2D eigenvalue weighted by atomic mass is 16.2. The van der Waals surface area contributed by atoms with Crippen LogP contribution in [0.1, 0.15) is 57.1 Å². The molecule has 1 aromatic heterocycles. The fraction of sp³-hybridized carbons (Fsp3) is 0.625. The molecule has 0 saturated heterocycles. The van der Waals surface area contributed by atoms with Crippen LogP contribution in [-0.4, -0.2) is 21.6 Å². The van der Waals surface area contributed by atoms with Crippen molar-refractivity contribution < 1.29 is 4.79 Å². The van der Waals surface area contributed by atoms with Crippen LogP contribution in [0.5, 0.6) is 0 Å². The number of nitrogens with one attached hydrogen (secondary N) is 1. The number of carbonyl (C=O) groups is 1. The summed E-state index contributed by atoms with van der Waals surface area (Å²) in [5.41, 5.74) is -1.32. The van der Waals surface area contributed by atoms with E-state index in [0.29, 0.717) is 6.54 Å². The van der Waals surface area contributed by atoms with Crippen molar-refractivity contribution in [1.82, 2.24) is 14.5 Å². The lowest BCUT2D eigenvalue weighted by Gasteiger charge is -2.10. The van der Waals surface area contributed by atoms with Gasteiger partial charge in [-0.15, -0.1) is 0 Å². The van der Waals surface area contributed by atoms with Gasteiger partial charge in [-0.2, -0.15) is 5.26 Å². The zero-order valence-electron chi connectivity index (χ0n) is 13.4. The molecule has 1 saturated carbocycles. The van der Waals surface area contributed by atoms with Gasteiger partial charge in [-0.1, -0.05) is 26.2 Å². The molecule has 23 heavy (non-hydrogen) atoms. The van der Waals surface area contributed by atoms with Crippen molar-refractivity contribution in [2.24, 2.45) is 0 Å². The van der Waals surface area contributed by atoms with E-state index in [4.69, 9.17) is 5.26 Å². The minimum absolute atomic E-state index is 0.0403. The van der Waals surface area contributed by atoms with E-state index in [9.17, 15) is 14.4 Å².